The van der Waals surface area contributed by atoms with Crippen molar-refractivity contribution in [2.24, 2.45) is 4.99 Å². The van der Waals surface area contributed by atoms with E-state index in [9.17, 15) is 0 Å². The van der Waals surface area contributed by atoms with Crippen molar-refractivity contribution >= 4 is 35.3 Å². The maximum Gasteiger partial charge on any atom is 0.0629 e. The number of rotatable bonds is 8. The van der Waals surface area contributed by atoms with Crippen molar-refractivity contribution in [1.29, 1.82) is 0 Å². The van der Waals surface area contributed by atoms with Crippen LogP contribution in [0.15, 0.2) is 52.4 Å². The molecular formula is C25H38ClNS. The molecule has 0 aliphatic carbocycles. The molecule has 0 N–H and O–H groups in total. The lowest BCUT2D eigenvalue weighted by Gasteiger charge is -2.16. The average Bonchev–Trinajstić information content (AvgIpc) is 2.75. The van der Waals surface area contributed by atoms with E-state index in [0.717, 1.165) is 29.1 Å². The second-order valence-electron chi connectivity index (χ2n) is 6.02. The van der Waals surface area contributed by atoms with Crippen LogP contribution in [0.4, 0.5) is 5.69 Å². The summed E-state index contributed by atoms with van der Waals surface area (Å²) in [6.07, 6.45) is 6.55. The normalized spacial score (nSPS) is 11.3. The summed E-state index contributed by atoms with van der Waals surface area (Å²) in [5.74, 6) is 0. The molecule has 0 aliphatic heterocycles. The smallest absolute Gasteiger partial charge is 0.0629 e. The Morgan fingerprint density at radius 1 is 1.04 bits per heavy atom. The van der Waals surface area contributed by atoms with Gasteiger partial charge in [-0.2, -0.15) is 0 Å². The third-order valence-electron chi connectivity index (χ3n) is 3.96. The third kappa shape index (κ3) is 9.80. The summed E-state index contributed by atoms with van der Waals surface area (Å²) in [5.41, 5.74) is 3.44. The molecule has 0 radical (unpaired) electrons. The summed E-state index contributed by atoms with van der Waals surface area (Å²) >= 11 is 8.32. The van der Waals surface area contributed by atoms with Crippen LogP contribution in [0.25, 0.3) is 0 Å². The quantitative estimate of drug-likeness (QED) is 0.306. The summed E-state index contributed by atoms with van der Waals surface area (Å²) in [7, 11) is 0. The van der Waals surface area contributed by atoms with E-state index < -0.39 is 0 Å². The van der Waals surface area contributed by atoms with E-state index in [1.165, 1.54) is 23.3 Å². The van der Waals surface area contributed by atoms with E-state index in [0.29, 0.717) is 5.25 Å². The fraction of sp³-hybridized carbons (Fsp3) is 0.480. The first-order valence-corrected chi connectivity index (χ1v) is 12.0. The molecule has 0 amide bonds. The number of halogens is 1. The maximum atomic E-state index is 6.38. The van der Waals surface area contributed by atoms with Gasteiger partial charge < -0.3 is 0 Å². The van der Waals surface area contributed by atoms with E-state index in [2.05, 4.69) is 31.8 Å². The minimum Gasteiger partial charge on any atom is -0.256 e. The largest absolute Gasteiger partial charge is 0.256 e. The first-order chi connectivity index (χ1) is 13.6. The topological polar surface area (TPSA) is 12.4 Å². The SMILES string of the molecule is CC.CC.CCCCc1cc(Cl)cc(C=Nc2ccccc2)c1SC(C)CC. The number of nitrogens with zero attached hydrogens (tertiary/aromatic N) is 1. The van der Waals surface area contributed by atoms with Crippen LogP contribution in [0.2, 0.25) is 5.02 Å². The lowest BCUT2D eigenvalue weighted by atomic mass is 10.1. The minimum absolute atomic E-state index is 0.579. The van der Waals surface area contributed by atoms with Crippen LogP contribution < -0.4 is 0 Å². The van der Waals surface area contributed by atoms with Gasteiger partial charge in [0.05, 0.1) is 5.69 Å². The Kier molecular flexibility index (Phi) is 15.9. The molecule has 0 saturated heterocycles. The van der Waals surface area contributed by atoms with Crippen LogP contribution in [0.5, 0.6) is 0 Å². The molecular weight excluding hydrogens is 382 g/mol. The Balaban J connectivity index is 0.00000171. The second kappa shape index (κ2) is 16.7. The van der Waals surface area contributed by atoms with E-state index >= 15 is 0 Å². The van der Waals surface area contributed by atoms with Crippen LogP contribution >= 0.6 is 23.4 Å². The zero-order chi connectivity index (χ0) is 21.4. The molecule has 2 aromatic carbocycles. The van der Waals surface area contributed by atoms with Gasteiger partial charge in [-0.05, 0) is 49.1 Å². The molecule has 0 spiro atoms. The monoisotopic (exact) mass is 419 g/mol. The molecule has 1 atom stereocenters. The van der Waals surface area contributed by atoms with Gasteiger partial charge in [-0.3, -0.25) is 4.99 Å². The molecule has 28 heavy (non-hydrogen) atoms. The number of aliphatic imine (C=N–C) groups is 1. The van der Waals surface area contributed by atoms with E-state index in [1.54, 1.807) is 0 Å². The Bertz CT molecular complexity index is 668. The van der Waals surface area contributed by atoms with Crippen molar-refractivity contribution in [2.75, 3.05) is 0 Å². The summed E-state index contributed by atoms with van der Waals surface area (Å²) in [6, 6.07) is 14.2. The predicted molar refractivity (Wildman–Crippen MR) is 132 cm³/mol. The first kappa shape index (κ1) is 26.8. The lowest BCUT2D eigenvalue weighted by molar-refractivity contribution is 0.784. The van der Waals surface area contributed by atoms with Crippen LogP contribution in [0.1, 0.15) is 78.9 Å². The van der Waals surface area contributed by atoms with Gasteiger partial charge in [-0.1, -0.05) is 84.7 Å². The van der Waals surface area contributed by atoms with Gasteiger partial charge in [-0.25, -0.2) is 0 Å². The summed E-state index contributed by atoms with van der Waals surface area (Å²) in [6.45, 7) is 14.7. The van der Waals surface area contributed by atoms with Crippen LogP contribution in [0, 0.1) is 0 Å². The standard InChI is InChI=1S/C21H26ClNS.2C2H6/c1-4-6-10-17-13-19(22)14-18(21(17)24-16(3)5-2)15-23-20-11-8-7-9-12-20;2*1-2/h7-9,11-16H,4-6,10H2,1-3H3;2*1-2H3. The number of unbranched alkanes of at least 4 members (excludes halogenated alkanes) is 1. The second-order valence-corrected chi connectivity index (χ2v) is 7.90. The Hall–Kier alpha value is -1.25. The van der Waals surface area contributed by atoms with Crippen LogP contribution in [0.3, 0.4) is 0 Å². The zero-order valence-corrected chi connectivity index (χ0v) is 20.3. The molecule has 1 nitrogen and oxygen atoms in total. The highest BCUT2D eigenvalue weighted by molar-refractivity contribution is 8.00. The van der Waals surface area contributed by atoms with Crippen LogP contribution in [-0.4, -0.2) is 11.5 Å². The summed E-state index contributed by atoms with van der Waals surface area (Å²) in [4.78, 5) is 5.97. The molecule has 0 aromatic heterocycles. The highest BCUT2D eigenvalue weighted by Gasteiger charge is 2.13. The number of aryl methyl sites for hydroxylation is 1. The van der Waals surface area contributed by atoms with Gasteiger partial charge in [0, 0.05) is 26.9 Å². The number of hydrogen-bond donors (Lipinski definition) is 0. The molecule has 1 unspecified atom stereocenters. The predicted octanol–water partition coefficient (Wildman–Crippen LogP) is 9.38. The van der Waals surface area contributed by atoms with E-state index in [-0.39, 0.29) is 0 Å². The number of thioether (sulfide) groups is 1. The van der Waals surface area contributed by atoms with Crippen molar-refractivity contribution in [3.05, 3.63) is 58.6 Å². The van der Waals surface area contributed by atoms with Crippen molar-refractivity contribution in [2.45, 2.75) is 84.3 Å². The first-order valence-electron chi connectivity index (χ1n) is 10.7. The number of benzene rings is 2. The molecule has 156 valence electrons. The average molecular weight is 420 g/mol. The van der Waals surface area contributed by atoms with Crippen molar-refractivity contribution in [3.63, 3.8) is 0 Å². The van der Waals surface area contributed by atoms with Gasteiger partial charge in [0.2, 0.25) is 0 Å². The molecule has 3 heteroatoms. The Labute approximate surface area is 183 Å². The van der Waals surface area contributed by atoms with Crippen LogP contribution in [-0.2, 0) is 6.42 Å². The zero-order valence-electron chi connectivity index (χ0n) is 18.8. The molecule has 2 rings (SSSR count). The van der Waals surface area contributed by atoms with Gasteiger partial charge in [0.1, 0.15) is 0 Å². The molecule has 0 bridgehead atoms. The molecule has 2 aromatic rings. The lowest BCUT2D eigenvalue weighted by Crippen LogP contribution is -2.00. The van der Waals surface area contributed by atoms with Gasteiger partial charge in [-0.15, -0.1) is 11.8 Å². The Morgan fingerprint density at radius 3 is 2.25 bits per heavy atom. The molecule has 0 saturated carbocycles. The van der Waals surface area contributed by atoms with E-state index in [1.807, 2.05) is 82.1 Å². The highest BCUT2D eigenvalue weighted by Crippen LogP contribution is 2.34. The van der Waals surface area contributed by atoms with Gasteiger partial charge in [0.25, 0.3) is 0 Å². The van der Waals surface area contributed by atoms with Gasteiger partial charge >= 0.3 is 0 Å². The van der Waals surface area contributed by atoms with Crippen molar-refractivity contribution < 1.29 is 0 Å². The molecule has 0 aliphatic rings. The Morgan fingerprint density at radius 2 is 1.68 bits per heavy atom. The molecule has 0 fully saturated rings. The highest BCUT2D eigenvalue weighted by atomic mass is 35.5. The number of hydrogen-bond acceptors (Lipinski definition) is 2. The summed E-state index contributed by atoms with van der Waals surface area (Å²) in [5, 5.41) is 1.37. The van der Waals surface area contributed by atoms with Crippen molar-refractivity contribution in [3.8, 4) is 0 Å². The fourth-order valence-electron chi connectivity index (χ4n) is 2.41. The third-order valence-corrected chi connectivity index (χ3v) is 5.65. The molecule has 0 heterocycles. The number of para-hydroxylation sites is 1. The van der Waals surface area contributed by atoms with Gasteiger partial charge in [0.15, 0.2) is 0 Å². The maximum absolute atomic E-state index is 6.38. The minimum atomic E-state index is 0.579. The van der Waals surface area contributed by atoms with E-state index in [4.69, 9.17) is 11.6 Å². The fourth-order valence-corrected chi connectivity index (χ4v) is 3.79. The summed E-state index contributed by atoms with van der Waals surface area (Å²) < 4.78 is 0. The van der Waals surface area contributed by atoms with Crippen molar-refractivity contribution in [1.82, 2.24) is 0 Å².